The predicted molar refractivity (Wildman–Crippen MR) is 112 cm³/mol. The van der Waals surface area contributed by atoms with Gasteiger partial charge in [-0.3, -0.25) is 0 Å². The Hall–Kier alpha value is -3.54. The van der Waals surface area contributed by atoms with Crippen LogP contribution in [0.25, 0.3) is 22.2 Å². The Morgan fingerprint density at radius 3 is 2.55 bits per heavy atom. The van der Waals surface area contributed by atoms with Crippen molar-refractivity contribution in [2.45, 2.75) is 32.7 Å². The van der Waals surface area contributed by atoms with Crippen molar-refractivity contribution >= 4 is 17.0 Å². The molecule has 0 aliphatic rings. The molecule has 6 heteroatoms. The van der Waals surface area contributed by atoms with Gasteiger partial charge in [-0.1, -0.05) is 55.8 Å². The van der Waals surface area contributed by atoms with Crippen molar-refractivity contribution in [3.8, 4) is 11.1 Å². The summed E-state index contributed by atoms with van der Waals surface area (Å²) in [5, 5.41) is 17.4. The number of fused-ring (bicyclic) bond motifs is 1. The van der Waals surface area contributed by atoms with Gasteiger partial charge in [0, 0.05) is 13.0 Å². The zero-order chi connectivity index (χ0) is 20.2. The zero-order valence-electron chi connectivity index (χ0n) is 16.2. The van der Waals surface area contributed by atoms with Crippen LogP contribution in [0.3, 0.4) is 0 Å². The fraction of sp³-hybridized carbons (Fsp3) is 0.217. The van der Waals surface area contributed by atoms with Gasteiger partial charge in [0.1, 0.15) is 11.3 Å². The van der Waals surface area contributed by atoms with Crippen LogP contribution in [0, 0.1) is 0 Å². The largest absolute Gasteiger partial charge is 0.478 e. The highest BCUT2D eigenvalue weighted by molar-refractivity contribution is 5.96. The summed E-state index contributed by atoms with van der Waals surface area (Å²) in [5.74, 6) is 0.119. The van der Waals surface area contributed by atoms with E-state index in [4.69, 9.17) is 4.98 Å². The van der Waals surface area contributed by atoms with E-state index in [1.807, 2.05) is 36.4 Å². The fourth-order valence-electron chi connectivity index (χ4n) is 3.54. The van der Waals surface area contributed by atoms with Crippen LogP contribution < -0.4 is 0 Å². The van der Waals surface area contributed by atoms with E-state index in [9.17, 15) is 9.90 Å². The first kappa shape index (κ1) is 18.8. The van der Waals surface area contributed by atoms with Crippen LogP contribution in [0.4, 0.5) is 0 Å². The molecule has 29 heavy (non-hydrogen) atoms. The minimum Gasteiger partial charge on any atom is -0.478 e. The molecule has 4 rings (SSSR count). The lowest BCUT2D eigenvalue weighted by Crippen LogP contribution is -2.06. The van der Waals surface area contributed by atoms with Gasteiger partial charge in [0.25, 0.3) is 0 Å². The number of aromatic carboxylic acids is 1. The molecule has 0 aliphatic heterocycles. The topological polar surface area (TPSA) is 80.9 Å². The first-order valence-electron chi connectivity index (χ1n) is 9.75. The standard InChI is InChI=1S/C23H22N4O2/c1-2-3-8-22-26-20-13-24-25-14-21(20)27(22)15-16-9-11-17(12-10-16)18-6-4-5-7-19(18)23(28)29/h4-7,9-14H,2-3,8,15H2,1H3,(H,28,29). The second kappa shape index (κ2) is 8.22. The molecule has 0 spiro atoms. The van der Waals surface area contributed by atoms with E-state index in [1.165, 1.54) is 0 Å². The molecule has 2 aromatic heterocycles. The van der Waals surface area contributed by atoms with Crippen molar-refractivity contribution in [1.82, 2.24) is 19.7 Å². The number of aromatic nitrogens is 4. The lowest BCUT2D eigenvalue weighted by molar-refractivity contribution is 0.0697. The van der Waals surface area contributed by atoms with Crippen LogP contribution in [0.1, 0.15) is 41.5 Å². The van der Waals surface area contributed by atoms with E-state index >= 15 is 0 Å². The summed E-state index contributed by atoms with van der Waals surface area (Å²) < 4.78 is 2.19. The summed E-state index contributed by atoms with van der Waals surface area (Å²) in [6, 6.07) is 15.1. The minimum absolute atomic E-state index is 0.307. The van der Waals surface area contributed by atoms with Crippen molar-refractivity contribution in [3.63, 3.8) is 0 Å². The van der Waals surface area contributed by atoms with E-state index in [1.54, 1.807) is 24.5 Å². The molecule has 6 nitrogen and oxygen atoms in total. The molecule has 0 fully saturated rings. The van der Waals surface area contributed by atoms with Gasteiger partial charge in [-0.25, -0.2) is 9.78 Å². The smallest absolute Gasteiger partial charge is 0.336 e. The zero-order valence-corrected chi connectivity index (χ0v) is 16.2. The molecule has 2 aromatic carbocycles. The van der Waals surface area contributed by atoms with Gasteiger partial charge in [-0.2, -0.15) is 10.2 Å². The molecule has 0 radical (unpaired) electrons. The number of benzene rings is 2. The molecular formula is C23H22N4O2. The van der Waals surface area contributed by atoms with E-state index in [2.05, 4.69) is 21.7 Å². The summed E-state index contributed by atoms with van der Waals surface area (Å²) >= 11 is 0. The van der Waals surface area contributed by atoms with Gasteiger partial charge >= 0.3 is 5.97 Å². The molecule has 2 heterocycles. The average molecular weight is 386 g/mol. The second-order valence-electron chi connectivity index (χ2n) is 7.03. The molecule has 0 atom stereocenters. The summed E-state index contributed by atoms with van der Waals surface area (Å²) in [6.07, 6.45) is 6.56. The third-order valence-electron chi connectivity index (χ3n) is 5.06. The lowest BCUT2D eigenvalue weighted by Gasteiger charge is -2.11. The molecule has 0 saturated carbocycles. The number of carboxylic acids is 1. The molecule has 146 valence electrons. The number of imidazole rings is 1. The highest BCUT2D eigenvalue weighted by atomic mass is 16.4. The van der Waals surface area contributed by atoms with Gasteiger partial charge in [-0.15, -0.1) is 0 Å². The third-order valence-corrected chi connectivity index (χ3v) is 5.06. The predicted octanol–water partition coefficient (Wildman–Crippen LogP) is 4.58. The number of hydrogen-bond donors (Lipinski definition) is 1. The van der Waals surface area contributed by atoms with E-state index in [-0.39, 0.29) is 0 Å². The maximum absolute atomic E-state index is 11.5. The van der Waals surface area contributed by atoms with E-state index in [0.29, 0.717) is 12.1 Å². The normalized spacial score (nSPS) is 11.1. The summed E-state index contributed by atoms with van der Waals surface area (Å²) in [6.45, 7) is 2.85. The van der Waals surface area contributed by atoms with Crippen LogP contribution in [-0.4, -0.2) is 30.8 Å². The number of carbonyl (C=O) groups is 1. The number of hydrogen-bond acceptors (Lipinski definition) is 4. The Morgan fingerprint density at radius 2 is 1.79 bits per heavy atom. The minimum atomic E-state index is -0.920. The first-order valence-corrected chi connectivity index (χ1v) is 9.75. The molecule has 0 aliphatic carbocycles. The third kappa shape index (κ3) is 3.87. The first-order chi connectivity index (χ1) is 14.2. The molecule has 0 amide bonds. The SMILES string of the molecule is CCCCc1nc2cnncc2n1Cc1ccc(-c2ccccc2C(=O)O)cc1. The summed E-state index contributed by atoms with van der Waals surface area (Å²) in [4.78, 5) is 16.2. The quantitative estimate of drug-likeness (QED) is 0.503. The van der Waals surface area contributed by atoms with Crippen molar-refractivity contribution in [2.24, 2.45) is 0 Å². The number of aryl methyl sites for hydroxylation is 1. The molecule has 1 N–H and O–H groups in total. The molecular weight excluding hydrogens is 364 g/mol. The van der Waals surface area contributed by atoms with Crippen molar-refractivity contribution in [2.75, 3.05) is 0 Å². The summed E-state index contributed by atoms with van der Waals surface area (Å²) in [7, 11) is 0. The van der Waals surface area contributed by atoms with Crippen LogP contribution in [0.5, 0.6) is 0 Å². The Bertz CT molecular complexity index is 1150. The van der Waals surface area contributed by atoms with Crippen molar-refractivity contribution in [1.29, 1.82) is 0 Å². The second-order valence-corrected chi connectivity index (χ2v) is 7.03. The van der Waals surface area contributed by atoms with Crippen LogP contribution in [0.2, 0.25) is 0 Å². The monoisotopic (exact) mass is 386 g/mol. The van der Waals surface area contributed by atoms with Gasteiger partial charge < -0.3 is 9.67 Å². The molecule has 0 unspecified atom stereocenters. The number of carboxylic acid groups (broad SMARTS) is 1. The van der Waals surface area contributed by atoms with Gasteiger partial charge in [0.05, 0.1) is 23.5 Å². The lowest BCUT2D eigenvalue weighted by atomic mass is 9.99. The van der Waals surface area contributed by atoms with Crippen LogP contribution in [0.15, 0.2) is 60.9 Å². The van der Waals surface area contributed by atoms with Crippen molar-refractivity contribution in [3.05, 3.63) is 77.9 Å². The Kier molecular flexibility index (Phi) is 5.33. The Morgan fingerprint density at radius 1 is 1.03 bits per heavy atom. The maximum Gasteiger partial charge on any atom is 0.336 e. The van der Waals surface area contributed by atoms with Crippen molar-refractivity contribution < 1.29 is 9.90 Å². The van der Waals surface area contributed by atoms with Gasteiger partial charge in [-0.05, 0) is 29.2 Å². The van der Waals surface area contributed by atoms with Crippen LogP contribution >= 0.6 is 0 Å². The molecule has 0 saturated heterocycles. The number of rotatable bonds is 7. The van der Waals surface area contributed by atoms with Gasteiger partial charge in [0.15, 0.2) is 0 Å². The molecule has 4 aromatic rings. The Balaban J connectivity index is 1.66. The molecule has 0 bridgehead atoms. The maximum atomic E-state index is 11.5. The number of unbranched alkanes of at least 4 members (excludes halogenated alkanes) is 1. The van der Waals surface area contributed by atoms with E-state index in [0.717, 1.165) is 52.8 Å². The fourth-order valence-corrected chi connectivity index (χ4v) is 3.54. The van der Waals surface area contributed by atoms with Gasteiger partial charge in [0.2, 0.25) is 0 Å². The highest BCUT2D eigenvalue weighted by Gasteiger charge is 2.13. The van der Waals surface area contributed by atoms with E-state index < -0.39 is 5.97 Å². The average Bonchev–Trinajstić information content (AvgIpc) is 3.10. The number of nitrogens with zero attached hydrogens (tertiary/aromatic N) is 4. The Labute approximate surface area is 168 Å². The van der Waals surface area contributed by atoms with Crippen LogP contribution in [-0.2, 0) is 13.0 Å². The summed E-state index contributed by atoms with van der Waals surface area (Å²) in [5.41, 5.74) is 4.87. The highest BCUT2D eigenvalue weighted by Crippen LogP contribution is 2.25.